The number of rotatable bonds is 12. The first-order valence-corrected chi connectivity index (χ1v) is 11.4. The van der Waals surface area contributed by atoms with Crippen molar-refractivity contribution in [3.8, 4) is 0 Å². The Kier molecular flexibility index (Phi) is 11.4. The zero-order valence-corrected chi connectivity index (χ0v) is 19.8. The van der Waals surface area contributed by atoms with Crippen LogP contribution in [0.5, 0.6) is 0 Å². The van der Waals surface area contributed by atoms with E-state index < -0.39 is 48.7 Å². The fourth-order valence-electron chi connectivity index (χ4n) is 3.41. The molecule has 1 aromatic carbocycles. The number of hydrogen-bond acceptors (Lipinski definition) is 9. The average Bonchev–Trinajstić information content (AvgIpc) is 2.82. The Morgan fingerprint density at radius 3 is 2.47 bits per heavy atom. The SMILES string of the molecule is COC(=O)CCC(=O)NCC(OC(=O)CCC(C)OC1OC(C)C(O)CC1O)c1ccccc1. The van der Waals surface area contributed by atoms with Crippen LogP contribution < -0.4 is 5.32 Å². The second-order valence-corrected chi connectivity index (χ2v) is 8.33. The first kappa shape index (κ1) is 27.7. The van der Waals surface area contributed by atoms with Crippen molar-refractivity contribution in [2.75, 3.05) is 13.7 Å². The number of esters is 2. The normalized spacial score (nSPS) is 24.0. The van der Waals surface area contributed by atoms with Crippen LogP contribution in [0.15, 0.2) is 30.3 Å². The molecule has 10 heteroatoms. The van der Waals surface area contributed by atoms with Gasteiger partial charge >= 0.3 is 11.9 Å². The maximum absolute atomic E-state index is 12.5. The summed E-state index contributed by atoms with van der Waals surface area (Å²) < 4.78 is 21.3. The summed E-state index contributed by atoms with van der Waals surface area (Å²) in [5.74, 6) is -1.30. The van der Waals surface area contributed by atoms with E-state index in [9.17, 15) is 24.6 Å². The van der Waals surface area contributed by atoms with Crippen LogP contribution in [0.1, 0.15) is 57.6 Å². The van der Waals surface area contributed by atoms with Gasteiger partial charge in [-0.25, -0.2) is 0 Å². The summed E-state index contributed by atoms with van der Waals surface area (Å²) in [5, 5.41) is 22.5. The van der Waals surface area contributed by atoms with Crippen LogP contribution in [0.2, 0.25) is 0 Å². The number of ether oxygens (including phenoxy) is 4. The van der Waals surface area contributed by atoms with Gasteiger partial charge in [0.1, 0.15) is 12.2 Å². The molecule has 34 heavy (non-hydrogen) atoms. The van der Waals surface area contributed by atoms with Crippen LogP contribution in [0.3, 0.4) is 0 Å². The molecule has 0 radical (unpaired) electrons. The second kappa shape index (κ2) is 14.0. The molecule has 1 fully saturated rings. The lowest BCUT2D eigenvalue weighted by molar-refractivity contribution is -0.273. The Labute approximate surface area is 199 Å². The Bertz CT molecular complexity index is 788. The molecular weight excluding hydrogens is 446 g/mol. The highest BCUT2D eigenvalue weighted by Gasteiger charge is 2.35. The summed E-state index contributed by atoms with van der Waals surface area (Å²) in [6.07, 6.45) is -3.65. The molecule has 190 valence electrons. The van der Waals surface area contributed by atoms with Crippen LogP contribution in [-0.4, -0.2) is 72.4 Å². The summed E-state index contributed by atoms with van der Waals surface area (Å²) in [4.78, 5) is 35.8. The van der Waals surface area contributed by atoms with Gasteiger partial charge in [0.05, 0.1) is 38.4 Å². The van der Waals surface area contributed by atoms with Crippen molar-refractivity contribution in [2.24, 2.45) is 0 Å². The summed E-state index contributed by atoms with van der Waals surface area (Å²) in [7, 11) is 1.26. The largest absolute Gasteiger partial charge is 0.469 e. The Hall–Kier alpha value is -2.53. The molecule has 1 heterocycles. The molecule has 10 nitrogen and oxygen atoms in total. The maximum atomic E-state index is 12.5. The maximum Gasteiger partial charge on any atom is 0.306 e. The van der Waals surface area contributed by atoms with Gasteiger partial charge in [-0.05, 0) is 25.8 Å². The lowest BCUT2D eigenvalue weighted by Gasteiger charge is -2.36. The number of benzene rings is 1. The van der Waals surface area contributed by atoms with Crippen molar-refractivity contribution >= 4 is 17.8 Å². The minimum absolute atomic E-state index is 0.0261. The van der Waals surface area contributed by atoms with E-state index >= 15 is 0 Å². The molecule has 0 saturated carbocycles. The number of methoxy groups -OCH3 is 1. The predicted molar refractivity (Wildman–Crippen MR) is 120 cm³/mol. The second-order valence-electron chi connectivity index (χ2n) is 8.33. The third-order valence-electron chi connectivity index (χ3n) is 5.52. The molecule has 1 amide bonds. The average molecular weight is 482 g/mol. The Balaban J connectivity index is 1.83. The number of aliphatic hydroxyl groups is 2. The number of aliphatic hydroxyl groups excluding tert-OH is 2. The van der Waals surface area contributed by atoms with Crippen LogP contribution in [0.4, 0.5) is 0 Å². The van der Waals surface area contributed by atoms with E-state index in [1.165, 1.54) is 7.11 Å². The zero-order valence-electron chi connectivity index (χ0n) is 19.8. The van der Waals surface area contributed by atoms with E-state index in [-0.39, 0.29) is 38.1 Å². The van der Waals surface area contributed by atoms with E-state index in [0.717, 1.165) is 5.56 Å². The fraction of sp³-hybridized carbons (Fsp3) is 0.625. The summed E-state index contributed by atoms with van der Waals surface area (Å²) >= 11 is 0. The number of nitrogens with one attached hydrogen (secondary N) is 1. The zero-order chi connectivity index (χ0) is 25.1. The van der Waals surface area contributed by atoms with E-state index in [0.29, 0.717) is 6.42 Å². The van der Waals surface area contributed by atoms with Crippen molar-refractivity contribution in [3.63, 3.8) is 0 Å². The molecule has 2 rings (SSSR count). The lowest BCUT2D eigenvalue weighted by atomic mass is 10.0. The molecule has 0 spiro atoms. The van der Waals surface area contributed by atoms with Gasteiger partial charge in [-0.3, -0.25) is 14.4 Å². The van der Waals surface area contributed by atoms with Crippen molar-refractivity contribution in [1.29, 1.82) is 0 Å². The highest BCUT2D eigenvalue weighted by atomic mass is 16.7. The van der Waals surface area contributed by atoms with Crippen LogP contribution in [0, 0.1) is 0 Å². The number of carbonyl (C=O) groups is 3. The van der Waals surface area contributed by atoms with Gasteiger partial charge in [-0.2, -0.15) is 0 Å². The minimum Gasteiger partial charge on any atom is -0.469 e. The third kappa shape index (κ3) is 9.38. The third-order valence-corrected chi connectivity index (χ3v) is 5.52. The van der Waals surface area contributed by atoms with E-state index in [2.05, 4.69) is 10.1 Å². The molecule has 1 aliphatic heterocycles. The summed E-state index contributed by atoms with van der Waals surface area (Å²) in [6.45, 7) is 3.52. The quantitative estimate of drug-likeness (QED) is 0.378. The highest BCUT2D eigenvalue weighted by molar-refractivity contribution is 5.81. The van der Waals surface area contributed by atoms with Gasteiger partial charge < -0.3 is 34.5 Å². The molecule has 0 aliphatic carbocycles. The van der Waals surface area contributed by atoms with E-state index in [4.69, 9.17) is 14.2 Å². The first-order valence-electron chi connectivity index (χ1n) is 11.4. The molecule has 1 aromatic rings. The summed E-state index contributed by atoms with van der Waals surface area (Å²) in [5.41, 5.74) is 0.722. The standard InChI is InChI=1S/C24H35NO9/c1-15(32-24-19(27)13-18(26)16(2)33-24)9-11-23(30)34-20(17-7-5-4-6-8-17)14-25-21(28)10-12-22(29)31-3/h4-8,15-16,18-20,24,26-27H,9-14H2,1-3H3,(H,25,28). The molecule has 3 N–H and O–H groups in total. The number of hydrogen-bond donors (Lipinski definition) is 3. The molecule has 0 aromatic heterocycles. The van der Waals surface area contributed by atoms with Gasteiger partial charge in [0, 0.05) is 19.3 Å². The summed E-state index contributed by atoms with van der Waals surface area (Å²) in [6, 6.07) is 9.03. The topological polar surface area (TPSA) is 141 Å². The molecule has 6 unspecified atom stereocenters. The number of amides is 1. The van der Waals surface area contributed by atoms with Crippen LogP contribution >= 0.6 is 0 Å². The van der Waals surface area contributed by atoms with Gasteiger partial charge in [-0.1, -0.05) is 30.3 Å². The van der Waals surface area contributed by atoms with Gasteiger partial charge in [0.25, 0.3) is 0 Å². The van der Waals surface area contributed by atoms with Gasteiger partial charge in [0.2, 0.25) is 5.91 Å². The molecule has 0 bridgehead atoms. The number of carbonyl (C=O) groups excluding carboxylic acids is 3. The van der Waals surface area contributed by atoms with E-state index in [1.807, 2.05) is 6.07 Å². The lowest BCUT2D eigenvalue weighted by Crippen LogP contribution is -2.48. The van der Waals surface area contributed by atoms with Crippen LogP contribution in [0.25, 0.3) is 0 Å². The first-order chi connectivity index (χ1) is 16.2. The van der Waals surface area contributed by atoms with Gasteiger partial charge in [0.15, 0.2) is 6.29 Å². The van der Waals surface area contributed by atoms with E-state index in [1.54, 1.807) is 38.1 Å². The van der Waals surface area contributed by atoms with Gasteiger partial charge in [-0.15, -0.1) is 0 Å². The molecular formula is C24H35NO9. The minimum atomic E-state index is -0.953. The smallest absolute Gasteiger partial charge is 0.306 e. The van der Waals surface area contributed by atoms with Crippen LogP contribution in [-0.2, 0) is 33.3 Å². The molecule has 1 aliphatic rings. The molecule has 1 saturated heterocycles. The highest BCUT2D eigenvalue weighted by Crippen LogP contribution is 2.23. The molecule has 6 atom stereocenters. The van der Waals surface area contributed by atoms with Crippen molar-refractivity contribution < 1.29 is 43.5 Å². The Morgan fingerprint density at radius 1 is 1.09 bits per heavy atom. The monoisotopic (exact) mass is 481 g/mol. The van der Waals surface area contributed by atoms with Crippen molar-refractivity contribution in [1.82, 2.24) is 5.32 Å². The predicted octanol–water partition coefficient (Wildman–Crippen LogP) is 1.38. The Morgan fingerprint density at radius 2 is 1.79 bits per heavy atom. The fourth-order valence-corrected chi connectivity index (χ4v) is 3.41. The van der Waals surface area contributed by atoms with Crippen molar-refractivity contribution in [3.05, 3.63) is 35.9 Å². The van der Waals surface area contributed by atoms with Crippen molar-refractivity contribution in [2.45, 2.75) is 82.8 Å².